The molecule has 1 aliphatic carbocycles. The van der Waals surface area contributed by atoms with Crippen molar-refractivity contribution in [3.63, 3.8) is 0 Å². The molecule has 0 unspecified atom stereocenters. The standard InChI is InChI=1S/C23H31BN2O/c1-24(27)25-15-6-16-26-17-13-23(14-18-26)21-9-4-2-7-19(21)11-12-20-8-3-5-10-22(20)23/h2-5,7-10,25,27H,6,11-18H2,1H3. The fraction of sp³-hybridized carbons (Fsp3) is 0.478. The van der Waals surface area contributed by atoms with Crippen molar-refractivity contribution in [3.8, 4) is 0 Å². The molecule has 0 aromatic heterocycles. The van der Waals surface area contributed by atoms with E-state index in [-0.39, 0.29) is 5.41 Å². The molecule has 4 rings (SSSR count). The molecule has 1 heterocycles. The minimum absolute atomic E-state index is 0.179. The second kappa shape index (κ2) is 8.18. The average molecular weight is 362 g/mol. The predicted molar refractivity (Wildman–Crippen MR) is 113 cm³/mol. The molecule has 0 saturated carbocycles. The minimum atomic E-state index is -0.409. The number of aryl methyl sites for hydroxylation is 2. The van der Waals surface area contributed by atoms with Crippen LogP contribution >= 0.6 is 0 Å². The normalized spacial score (nSPS) is 18.6. The van der Waals surface area contributed by atoms with E-state index in [4.69, 9.17) is 0 Å². The molecule has 0 radical (unpaired) electrons. The maximum Gasteiger partial charge on any atom is 0.373 e. The van der Waals surface area contributed by atoms with E-state index >= 15 is 0 Å². The number of hydrogen-bond donors (Lipinski definition) is 2. The summed E-state index contributed by atoms with van der Waals surface area (Å²) in [4.78, 5) is 2.60. The zero-order valence-corrected chi connectivity index (χ0v) is 16.5. The molecule has 27 heavy (non-hydrogen) atoms. The molecule has 1 aliphatic heterocycles. The van der Waals surface area contributed by atoms with E-state index in [1.54, 1.807) is 29.1 Å². The summed E-state index contributed by atoms with van der Waals surface area (Å²) in [6, 6.07) is 18.3. The molecular formula is C23H31BN2O. The SMILES string of the molecule is CB(O)NCCCN1CCC2(CC1)c1ccccc1CCc1ccccc12. The monoisotopic (exact) mass is 362 g/mol. The van der Waals surface area contributed by atoms with Gasteiger partial charge in [0.1, 0.15) is 0 Å². The highest BCUT2D eigenvalue weighted by atomic mass is 16.2. The molecule has 2 aromatic rings. The highest BCUT2D eigenvalue weighted by Gasteiger charge is 2.41. The van der Waals surface area contributed by atoms with Crippen LogP contribution in [-0.2, 0) is 18.3 Å². The van der Waals surface area contributed by atoms with Crippen LogP contribution in [0.25, 0.3) is 0 Å². The number of rotatable bonds is 5. The van der Waals surface area contributed by atoms with E-state index < -0.39 is 7.05 Å². The molecular weight excluding hydrogens is 331 g/mol. The van der Waals surface area contributed by atoms with E-state index in [1.165, 1.54) is 12.8 Å². The number of likely N-dealkylation sites (tertiary alicyclic amines) is 1. The summed E-state index contributed by atoms with van der Waals surface area (Å²) in [5.41, 5.74) is 6.42. The summed E-state index contributed by atoms with van der Waals surface area (Å²) in [5, 5.41) is 12.4. The Morgan fingerprint density at radius 3 is 2.07 bits per heavy atom. The van der Waals surface area contributed by atoms with E-state index in [2.05, 4.69) is 58.7 Å². The molecule has 4 heteroatoms. The van der Waals surface area contributed by atoms with Gasteiger partial charge in [0.2, 0.25) is 0 Å². The Kier molecular flexibility index (Phi) is 5.67. The predicted octanol–water partition coefficient (Wildman–Crippen LogP) is 3.26. The molecule has 0 bridgehead atoms. The summed E-state index contributed by atoms with van der Waals surface area (Å²) in [5.74, 6) is 0. The van der Waals surface area contributed by atoms with Gasteiger partial charge in [0.05, 0.1) is 0 Å². The van der Waals surface area contributed by atoms with Crippen LogP contribution in [0.3, 0.4) is 0 Å². The highest BCUT2D eigenvalue weighted by Crippen LogP contribution is 2.46. The van der Waals surface area contributed by atoms with Gasteiger partial charge in [-0.2, -0.15) is 0 Å². The van der Waals surface area contributed by atoms with Crippen molar-refractivity contribution in [1.82, 2.24) is 10.1 Å². The van der Waals surface area contributed by atoms with Gasteiger partial charge < -0.3 is 15.2 Å². The number of nitrogens with zero attached hydrogens (tertiary/aromatic N) is 1. The molecule has 2 aromatic carbocycles. The second-order valence-corrected chi connectivity index (χ2v) is 8.22. The summed E-state index contributed by atoms with van der Waals surface area (Å²) >= 11 is 0. The van der Waals surface area contributed by atoms with Crippen LogP contribution in [0.15, 0.2) is 48.5 Å². The van der Waals surface area contributed by atoms with Crippen molar-refractivity contribution in [2.45, 2.75) is 44.3 Å². The lowest BCUT2D eigenvalue weighted by molar-refractivity contribution is 0.177. The fourth-order valence-electron chi connectivity index (χ4n) is 5.14. The molecule has 3 nitrogen and oxygen atoms in total. The molecule has 1 fully saturated rings. The van der Waals surface area contributed by atoms with Crippen LogP contribution in [0.5, 0.6) is 0 Å². The molecule has 0 amide bonds. The first-order valence-electron chi connectivity index (χ1n) is 10.5. The Hall–Kier alpha value is -1.62. The fourth-order valence-corrected chi connectivity index (χ4v) is 5.14. The van der Waals surface area contributed by atoms with Gasteiger partial charge in [0.25, 0.3) is 0 Å². The van der Waals surface area contributed by atoms with Crippen molar-refractivity contribution in [1.29, 1.82) is 0 Å². The topological polar surface area (TPSA) is 35.5 Å². The molecule has 2 N–H and O–H groups in total. The lowest BCUT2D eigenvalue weighted by atomic mass is 9.66. The van der Waals surface area contributed by atoms with Crippen molar-refractivity contribution in [2.75, 3.05) is 26.2 Å². The first-order chi connectivity index (χ1) is 13.2. The number of fused-ring (bicyclic) bond motifs is 4. The third-order valence-corrected chi connectivity index (χ3v) is 6.53. The van der Waals surface area contributed by atoms with Gasteiger partial charge in [-0.15, -0.1) is 0 Å². The number of benzene rings is 2. The Balaban J connectivity index is 1.55. The molecule has 2 aliphatic rings. The summed E-state index contributed by atoms with van der Waals surface area (Å²) in [6.07, 6.45) is 5.80. The number of nitrogens with one attached hydrogen (secondary N) is 1. The van der Waals surface area contributed by atoms with Gasteiger partial charge in [-0.1, -0.05) is 48.5 Å². The van der Waals surface area contributed by atoms with Crippen LogP contribution in [-0.4, -0.2) is 43.2 Å². The van der Waals surface area contributed by atoms with Gasteiger partial charge >= 0.3 is 7.05 Å². The second-order valence-electron chi connectivity index (χ2n) is 8.22. The van der Waals surface area contributed by atoms with Gasteiger partial charge in [-0.3, -0.25) is 0 Å². The maximum atomic E-state index is 9.34. The van der Waals surface area contributed by atoms with Crippen LogP contribution < -0.4 is 5.23 Å². The van der Waals surface area contributed by atoms with E-state index in [0.29, 0.717) is 0 Å². The molecule has 1 spiro atoms. The van der Waals surface area contributed by atoms with E-state index in [0.717, 1.165) is 45.4 Å². The smallest absolute Gasteiger partial charge is 0.373 e. The quantitative estimate of drug-likeness (QED) is 0.633. The first kappa shape index (κ1) is 18.7. The van der Waals surface area contributed by atoms with Gasteiger partial charge in [0, 0.05) is 5.41 Å². The van der Waals surface area contributed by atoms with Gasteiger partial charge in [-0.05, 0) is 87.4 Å². The zero-order chi connectivity index (χ0) is 18.7. The summed E-state index contributed by atoms with van der Waals surface area (Å²) < 4.78 is 0. The van der Waals surface area contributed by atoms with Crippen LogP contribution in [0.1, 0.15) is 41.5 Å². The highest BCUT2D eigenvalue weighted by molar-refractivity contribution is 6.45. The van der Waals surface area contributed by atoms with Gasteiger partial charge in [-0.25, -0.2) is 0 Å². The van der Waals surface area contributed by atoms with Crippen molar-refractivity contribution in [3.05, 3.63) is 70.8 Å². The molecule has 0 atom stereocenters. The number of hydrogen-bond acceptors (Lipinski definition) is 3. The third kappa shape index (κ3) is 3.84. The zero-order valence-electron chi connectivity index (χ0n) is 16.5. The minimum Gasteiger partial charge on any atom is -0.437 e. The van der Waals surface area contributed by atoms with E-state index in [9.17, 15) is 5.02 Å². The third-order valence-electron chi connectivity index (χ3n) is 6.53. The summed E-state index contributed by atoms with van der Waals surface area (Å²) in [6.45, 7) is 6.07. The van der Waals surface area contributed by atoms with Gasteiger partial charge in [0.15, 0.2) is 0 Å². The number of piperidine rings is 1. The van der Waals surface area contributed by atoms with Crippen molar-refractivity contribution < 1.29 is 5.02 Å². The summed E-state index contributed by atoms with van der Waals surface area (Å²) in [7, 11) is -0.409. The van der Waals surface area contributed by atoms with Crippen molar-refractivity contribution in [2.24, 2.45) is 0 Å². The Labute approximate surface area is 163 Å². The largest absolute Gasteiger partial charge is 0.437 e. The lowest BCUT2D eigenvalue weighted by Gasteiger charge is -2.44. The van der Waals surface area contributed by atoms with E-state index in [1.807, 2.05) is 0 Å². The first-order valence-corrected chi connectivity index (χ1v) is 10.5. The average Bonchev–Trinajstić information content (AvgIpc) is 2.83. The Morgan fingerprint density at radius 1 is 0.963 bits per heavy atom. The Morgan fingerprint density at radius 2 is 1.52 bits per heavy atom. The van der Waals surface area contributed by atoms with Crippen LogP contribution in [0.4, 0.5) is 0 Å². The molecule has 142 valence electrons. The maximum absolute atomic E-state index is 9.34. The van der Waals surface area contributed by atoms with Crippen molar-refractivity contribution >= 4 is 7.05 Å². The lowest BCUT2D eigenvalue weighted by Crippen LogP contribution is -2.44. The Bertz CT molecular complexity index is 719. The van der Waals surface area contributed by atoms with Crippen LogP contribution in [0.2, 0.25) is 6.82 Å². The molecule has 1 saturated heterocycles. The van der Waals surface area contributed by atoms with Crippen LogP contribution in [0, 0.1) is 0 Å².